The molecule has 0 radical (unpaired) electrons. The van der Waals surface area contributed by atoms with Gasteiger partial charge in [-0.2, -0.15) is 0 Å². The van der Waals surface area contributed by atoms with E-state index in [1.165, 1.54) is 19.3 Å². The average Bonchev–Trinajstić information content (AvgIpc) is 2.35. The molecule has 0 heterocycles. The molecule has 102 valence electrons. The van der Waals surface area contributed by atoms with Gasteiger partial charge in [0, 0.05) is 5.69 Å². The molecule has 3 nitrogen and oxygen atoms in total. The van der Waals surface area contributed by atoms with Crippen LogP contribution in [0.3, 0.4) is 0 Å². The molecule has 0 aliphatic heterocycles. The maximum atomic E-state index is 5.72. The lowest BCUT2D eigenvalue weighted by Gasteiger charge is -2.10. The number of hydrogen-bond donors (Lipinski definition) is 2. The third kappa shape index (κ3) is 5.92. The van der Waals surface area contributed by atoms with Gasteiger partial charge in [0.2, 0.25) is 0 Å². The summed E-state index contributed by atoms with van der Waals surface area (Å²) in [6.45, 7) is 7.15. The summed E-state index contributed by atoms with van der Waals surface area (Å²) in [6.07, 6.45) is 4.90. The molecule has 0 unspecified atom stereocenters. The summed E-state index contributed by atoms with van der Waals surface area (Å²) in [5, 5.41) is 3.43. The van der Waals surface area contributed by atoms with E-state index in [0.717, 1.165) is 43.1 Å². The smallest absolute Gasteiger partial charge is 0.122 e. The van der Waals surface area contributed by atoms with E-state index in [-0.39, 0.29) is 0 Å². The van der Waals surface area contributed by atoms with Crippen molar-refractivity contribution in [1.29, 1.82) is 0 Å². The van der Waals surface area contributed by atoms with Crippen LogP contribution < -0.4 is 15.8 Å². The second kappa shape index (κ2) is 8.81. The molecule has 0 spiro atoms. The van der Waals surface area contributed by atoms with E-state index in [0.29, 0.717) is 0 Å². The molecule has 0 atom stereocenters. The number of anilines is 1. The lowest BCUT2D eigenvalue weighted by atomic mass is 10.2. The average molecular weight is 250 g/mol. The highest BCUT2D eigenvalue weighted by atomic mass is 16.5. The van der Waals surface area contributed by atoms with Crippen LogP contribution in [0, 0.1) is 6.92 Å². The third-order valence-electron chi connectivity index (χ3n) is 2.91. The second-order valence-electron chi connectivity index (χ2n) is 4.68. The van der Waals surface area contributed by atoms with Gasteiger partial charge in [0.25, 0.3) is 0 Å². The Labute approximate surface area is 111 Å². The predicted octanol–water partition coefficient (Wildman–Crippen LogP) is 3.13. The van der Waals surface area contributed by atoms with Crippen LogP contribution in [-0.4, -0.2) is 19.7 Å². The summed E-state index contributed by atoms with van der Waals surface area (Å²) >= 11 is 0. The van der Waals surface area contributed by atoms with Crippen molar-refractivity contribution in [2.75, 3.05) is 25.4 Å². The molecule has 0 bridgehead atoms. The number of rotatable bonds is 9. The molecule has 0 aromatic heterocycles. The highest BCUT2D eigenvalue weighted by Crippen LogP contribution is 2.20. The number of benzene rings is 1. The van der Waals surface area contributed by atoms with Crippen LogP contribution in [0.15, 0.2) is 18.2 Å². The minimum Gasteiger partial charge on any atom is -0.493 e. The molecule has 0 fully saturated rings. The van der Waals surface area contributed by atoms with Crippen molar-refractivity contribution in [1.82, 2.24) is 5.32 Å². The Balaban J connectivity index is 2.07. The fourth-order valence-electron chi connectivity index (χ4n) is 1.84. The molecule has 0 saturated carbocycles. The van der Waals surface area contributed by atoms with Gasteiger partial charge in [0.1, 0.15) is 5.75 Å². The van der Waals surface area contributed by atoms with Crippen LogP contribution in [0.2, 0.25) is 0 Å². The van der Waals surface area contributed by atoms with Crippen LogP contribution >= 0.6 is 0 Å². The van der Waals surface area contributed by atoms with Crippen molar-refractivity contribution in [3.8, 4) is 5.75 Å². The number of hydrogen-bond acceptors (Lipinski definition) is 3. The Kier molecular flexibility index (Phi) is 7.26. The van der Waals surface area contributed by atoms with Crippen LogP contribution in [-0.2, 0) is 0 Å². The van der Waals surface area contributed by atoms with E-state index in [1.54, 1.807) is 0 Å². The number of nitrogens with one attached hydrogen (secondary N) is 1. The van der Waals surface area contributed by atoms with E-state index in [2.05, 4.69) is 12.2 Å². The molecular formula is C15H26N2O. The zero-order chi connectivity index (χ0) is 13.2. The zero-order valence-electron chi connectivity index (χ0n) is 11.7. The first-order chi connectivity index (χ1) is 8.74. The van der Waals surface area contributed by atoms with E-state index in [9.17, 15) is 0 Å². The molecule has 1 rings (SSSR count). The van der Waals surface area contributed by atoms with Crippen LogP contribution in [0.4, 0.5) is 5.69 Å². The second-order valence-corrected chi connectivity index (χ2v) is 4.68. The van der Waals surface area contributed by atoms with Crippen molar-refractivity contribution in [2.45, 2.75) is 39.5 Å². The van der Waals surface area contributed by atoms with Crippen LogP contribution in [0.1, 0.15) is 38.2 Å². The first-order valence-electron chi connectivity index (χ1n) is 6.93. The molecule has 0 aliphatic carbocycles. The quantitative estimate of drug-likeness (QED) is 0.523. The van der Waals surface area contributed by atoms with Crippen molar-refractivity contribution in [2.24, 2.45) is 0 Å². The van der Waals surface area contributed by atoms with Gasteiger partial charge >= 0.3 is 0 Å². The van der Waals surface area contributed by atoms with Gasteiger partial charge in [-0.3, -0.25) is 0 Å². The number of nitrogens with two attached hydrogens (primary N) is 1. The molecular weight excluding hydrogens is 224 g/mol. The van der Waals surface area contributed by atoms with Crippen LogP contribution in [0.25, 0.3) is 0 Å². The number of ether oxygens (including phenoxy) is 1. The van der Waals surface area contributed by atoms with E-state index >= 15 is 0 Å². The first-order valence-corrected chi connectivity index (χ1v) is 6.93. The van der Waals surface area contributed by atoms with E-state index in [4.69, 9.17) is 10.5 Å². The maximum Gasteiger partial charge on any atom is 0.122 e. The summed E-state index contributed by atoms with van der Waals surface area (Å²) < 4.78 is 5.72. The van der Waals surface area contributed by atoms with Gasteiger partial charge in [-0.25, -0.2) is 0 Å². The van der Waals surface area contributed by atoms with Crippen molar-refractivity contribution in [3.05, 3.63) is 23.8 Å². The Hall–Kier alpha value is -1.22. The van der Waals surface area contributed by atoms with Crippen molar-refractivity contribution >= 4 is 5.69 Å². The molecule has 18 heavy (non-hydrogen) atoms. The van der Waals surface area contributed by atoms with Crippen molar-refractivity contribution in [3.63, 3.8) is 0 Å². The van der Waals surface area contributed by atoms with Crippen LogP contribution in [0.5, 0.6) is 5.75 Å². The molecule has 1 aromatic rings. The molecule has 3 N–H and O–H groups in total. The van der Waals surface area contributed by atoms with Gasteiger partial charge in [0.05, 0.1) is 6.61 Å². The molecule has 3 heteroatoms. The number of nitrogen functional groups attached to an aromatic ring is 1. The summed E-state index contributed by atoms with van der Waals surface area (Å²) in [5.74, 6) is 0.940. The summed E-state index contributed by atoms with van der Waals surface area (Å²) in [5.41, 5.74) is 7.59. The fraction of sp³-hybridized carbons (Fsp3) is 0.600. The van der Waals surface area contributed by atoms with E-state index in [1.807, 2.05) is 25.1 Å². The lowest BCUT2D eigenvalue weighted by molar-refractivity contribution is 0.306. The molecule has 1 aromatic carbocycles. The largest absolute Gasteiger partial charge is 0.493 e. The molecule has 0 aliphatic rings. The fourth-order valence-corrected chi connectivity index (χ4v) is 1.84. The first kappa shape index (κ1) is 14.8. The van der Waals surface area contributed by atoms with E-state index < -0.39 is 0 Å². The Morgan fingerprint density at radius 2 is 1.94 bits per heavy atom. The monoisotopic (exact) mass is 250 g/mol. The summed E-state index contributed by atoms with van der Waals surface area (Å²) in [6, 6.07) is 5.77. The number of unbranched alkanes of at least 4 members (excludes halogenated alkanes) is 2. The summed E-state index contributed by atoms with van der Waals surface area (Å²) in [4.78, 5) is 0. The van der Waals surface area contributed by atoms with Gasteiger partial charge in [-0.05, 0) is 56.6 Å². The molecule has 0 saturated heterocycles. The zero-order valence-corrected chi connectivity index (χ0v) is 11.7. The van der Waals surface area contributed by atoms with Gasteiger partial charge in [-0.15, -0.1) is 0 Å². The topological polar surface area (TPSA) is 47.3 Å². The predicted molar refractivity (Wildman–Crippen MR) is 78.1 cm³/mol. The van der Waals surface area contributed by atoms with Gasteiger partial charge in [-0.1, -0.05) is 19.8 Å². The highest BCUT2D eigenvalue weighted by Gasteiger charge is 1.99. The molecule has 0 amide bonds. The van der Waals surface area contributed by atoms with Crippen molar-refractivity contribution < 1.29 is 4.74 Å². The third-order valence-corrected chi connectivity index (χ3v) is 2.91. The minimum absolute atomic E-state index is 0.755. The normalized spacial score (nSPS) is 10.6. The highest BCUT2D eigenvalue weighted by molar-refractivity contribution is 5.47. The lowest BCUT2D eigenvalue weighted by Crippen LogP contribution is -2.18. The Morgan fingerprint density at radius 3 is 2.67 bits per heavy atom. The van der Waals surface area contributed by atoms with Gasteiger partial charge < -0.3 is 15.8 Å². The SMILES string of the molecule is CCCCCNCCCOc1ccc(N)cc1C. The maximum absolute atomic E-state index is 5.72. The van der Waals surface area contributed by atoms with Gasteiger partial charge in [0.15, 0.2) is 0 Å². The minimum atomic E-state index is 0.755. The number of aryl methyl sites for hydroxylation is 1. The standard InChI is InChI=1S/C15H26N2O/c1-3-4-5-9-17-10-6-11-18-15-8-7-14(16)12-13(15)2/h7-8,12,17H,3-6,9-11,16H2,1-2H3. The Bertz CT molecular complexity index is 339. The Morgan fingerprint density at radius 1 is 1.17 bits per heavy atom. The summed E-state index contributed by atoms with van der Waals surface area (Å²) in [7, 11) is 0.